The molecule has 2 heteroatoms. The molecule has 2 atom stereocenters. The topological polar surface area (TPSA) is 20.3 Å². The van der Waals surface area contributed by atoms with E-state index in [1.165, 1.54) is 22.0 Å². The molecule has 1 spiro atoms. The van der Waals surface area contributed by atoms with Crippen LogP contribution in [-0.2, 0) is 5.41 Å². The Balaban J connectivity index is 1.58. The van der Waals surface area contributed by atoms with Crippen LogP contribution in [0.1, 0.15) is 40.9 Å². The Bertz CT molecular complexity index is 1830. The molecule has 0 fully saturated rings. The molecule has 1 aliphatic carbocycles. The quantitative estimate of drug-likeness (QED) is 0.216. The second-order valence-corrected chi connectivity index (χ2v) is 11.8. The largest absolute Gasteiger partial charge is 0.363 e. The predicted molar refractivity (Wildman–Crippen MR) is 171 cm³/mol. The summed E-state index contributed by atoms with van der Waals surface area (Å²) >= 11 is 0. The Kier molecular flexibility index (Phi) is 5.83. The second kappa shape index (κ2) is 9.45. The van der Waals surface area contributed by atoms with Gasteiger partial charge in [0, 0.05) is 23.7 Å². The van der Waals surface area contributed by atoms with Gasteiger partial charge >= 0.3 is 0 Å². The van der Waals surface area contributed by atoms with Crippen molar-refractivity contribution < 1.29 is 4.79 Å². The van der Waals surface area contributed by atoms with Crippen molar-refractivity contribution in [1.29, 1.82) is 0 Å². The van der Waals surface area contributed by atoms with Crippen molar-refractivity contribution in [3.05, 3.63) is 162 Å². The van der Waals surface area contributed by atoms with Gasteiger partial charge in [-0.2, -0.15) is 0 Å². The fourth-order valence-electron chi connectivity index (χ4n) is 7.49. The number of fused-ring (bicyclic) bond motifs is 3. The van der Waals surface area contributed by atoms with Crippen LogP contribution in [0.15, 0.2) is 140 Å². The first-order valence-corrected chi connectivity index (χ1v) is 14.3. The normalized spacial score (nSPS) is 21.0. The first kappa shape index (κ1) is 25.3. The molecule has 200 valence electrons. The van der Waals surface area contributed by atoms with Crippen molar-refractivity contribution in [2.75, 3.05) is 11.9 Å². The standard InChI is InChI=1S/C39H33NO/c1-38(2)35-32-22-14-13-19-29(32)23-24-34(35)40(3)39(38)26-31(27-15-7-4-8-16-27)25-33(28-17-9-5-10-18-28)36(39)37(41)30-20-11-6-12-21-30/h4-26,36H,1-3H3/t36-,39-/m0/s1. The van der Waals surface area contributed by atoms with E-state index in [9.17, 15) is 4.79 Å². The van der Waals surface area contributed by atoms with Crippen LogP contribution in [0.5, 0.6) is 0 Å². The van der Waals surface area contributed by atoms with Gasteiger partial charge in [-0.15, -0.1) is 0 Å². The number of carbonyl (C=O) groups excluding carboxylic acids is 1. The van der Waals surface area contributed by atoms with Crippen molar-refractivity contribution in [3.8, 4) is 0 Å². The number of ketones is 1. The van der Waals surface area contributed by atoms with Gasteiger partial charge < -0.3 is 4.90 Å². The van der Waals surface area contributed by atoms with Gasteiger partial charge in [0.25, 0.3) is 0 Å². The highest BCUT2D eigenvalue weighted by atomic mass is 16.1. The lowest BCUT2D eigenvalue weighted by atomic mass is 9.57. The summed E-state index contributed by atoms with van der Waals surface area (Å²) in [6.45, 7) is 4.67. The van der Waals surface area contributed by atoms with Crippen LogP contribution in [0.25, 0.3) is 21.9 Å². The summed E-state index contributed by atoms with van der Waals surface area (Å²) in [7, 11) is 2.18. The number of benzene rings is 5. The molecule has 5 aromatic rings. The van der Waals surface area contributed by atoms with Crippen molar-refractivity contribution in [2.24, 2.45) is 5.92 Å². The number of Topliss-reactive ketones (excluding diaryl/α,β-unsaturated/α-hetero) is 1. The third-order valence-corrected chi connectivity index (χ3v) is 9.42. The minimum Gasteiger partial charge on any atom is -0.363 e. The zero-order valence-electron chi connectivity index (χ0n) is 23.7. The van der Waals surface area contributed by atoms with Crippen molar-refractivity contribution >= 4 is 33.4 Å². The summed E-state index contributed by atoms with van der Waals surface area (Å²) in [4.78, 5) is 17.3. The molecular weight excluding hydrogens is 498 g/mol. The average molecular weight is 532 g/mol. The van der Waals surface area contributed by atoms with Crippen LogP contribution in [0.3, 0.4) is 0 Å². The fourth-order valence-corrected chi connectivity index (χ4v) is 7.49. The molecule has 5 aromatic carbocycles. The maximum Gasteiger partial charge on any atom is 0.173 e. The zero-order chi connectivity index (χ0) is 28.2. The summed E-state index contributed by atoms with van der Waals surface area (Å²) in [5.74, 6) is -0.299. The lowest BCUT2D eigenvalue weighted by Gasteiger charge is -2.52. The van der Waals surface area contributed by atoms with Crippen LogP contribution in [-0.4, -0.2) is 18.4 Å². The van der Waals surface area contributed by atoms with Gasteiger partial charge in [0.1, 0.15) is 0 Å². The maximum absolute atomic E-state index is 14.9. The summed E-state index contributed by atoms with van der Waals surface area (Å²) in [6, 6.07) is 43.9. The van der Waals surface area contributed by atoms with E-state index in [1.807, 2.05) is 36.4 Å². The highest BCUT2D eigenvalue weighted by molar-refractivity contribution is 6.11. The Hall–Kier alpha value is -4.69. The summed E-state index contributed by atoms with van der Waals surface area (Å²) in [5, 5.41) is 2.47. The van der Waals surface area contributed by atoms with Crippen LogP contribution in [0.2, 0.25) is 0 Å². The minimum absolute atomic E-state index is 0.140. The molecule has 0 amide bonds. The smallest absolute Gasteiger partial charge is 0.173 e. The van der Waals surface area contributed by atoms with E-state index < -0.39 is 16.9 Å². The molecule has 7 rings (SSSR count). The lowest BCUT2D eigenvalue weighted by Crippen LogP contribution is -2.61. The third-order valence-electron chi connectivity index (χ3n) is 9.42. The van der Waals surface area contributed by atoms with E-state index in [2.05, 4.69) is 129 Å². The Labute approximate surface area is 242 Å². The first-order valence-electron chi connectivity index (χ1n) is 14.3. The zero-order valence-corrected chi connectivity index (χ0v) is 23.7. The highest BCUT2D eigenvalue weighted by Gasteiger charge is 2.62. The molecule has 0 radical (unpaired) electrons. The second-order valence-electron chi connectivity index (χ2n) is 11.8. The van der Waals surface area contributed by atoms with Crippen molar-refractivity contribution in [1.82, 2.24) is 0 Å². The molecule has 1 heterocycles. The molecule has 2 nitrogen and oxygen atoms in total. The van der Waals surface area contributed by atoms with Gasteiger partial charge in [0.2, 0.25) is 0 Å². The number of rotatable bonds is 4. The number of hydrogen-bond acceptors (Lipinski definition) is 2. The average Bonchev–Trinajstić information content (AvgIpc) is 3.19. The molecule has 2 aliphatic rings. The van der Waals surface area contributed by atoms with Crippen molar-refractivity contribution in [3.63, 3.8) is 0 Å². The number of carbonyl (C=O) groups is 1. The first-order chi connectivity index (χ1) is 19.9. The summed E-state index contributed by atoms with van der Waals surface area (Å²) < 4.78 is 0. The van der Waals surface area contributed by atoms with Crippen molar-refractivity contribution in [2.45, 2.75) is 24.8 Å². The van der Waals surface area contributed by atoms with Gasteiger partial charge in [-0.3, -0.25) is 4.79 Å². The molecule has 0 unspecified atom stereocenters. The summed E-state index contributed by atoms with van der Waals surface area (Å²) in [6.07, 6.45) is 4.65. The molecule has 0 saturated carbocycles. The van der Waals surface area contributed by atoms with Crippen LogP contribution in [0, 0.1) is 5.92 Å². The lowest BCUT2D eigenvalue weighted by molar-refractivity contribution is 0.0886. The van der Waals surface area contributed by atoms with Gasteiger partial charge in [-0.05, 0) is 56.8 Å². The van der Waals surface area contributed by atoms with Crippen LogP contribution < -0.4 is 4.90 Å². The van der Waals surface area contributed by atoms with E-state index in [0.717, 1.165) is 27.8 Å². The molecule has 0 aromatic heterocycles. The van der Waals surface area contributed by atoms with Gasteiger partial charge in [-0.1, -0.05) is 135 Å². The van der Waals surface area contributed by atoms with E-state index in [4.69, 9.17) is 0 Å². The minimum atomic E-state index is -0.669. The molecule has 0 bridgehead atoms. The SMILES string of the molecule is CN1c2ccc3ccccc3c2C(C)(C)[C@@]12C=C(c1ccccc1)C=C(c1ccccc1)[C@H]2C(=O)c1ccccc1. The summed E-state index contributed by atoms with van der Waals surface area (Å²) in [5.41, 5.74) is 6.54. The number of likely N-dealkylation sites (N-methyl/N-ethyl adjacent to an activating group) is 1. The Morgan fingerprint density at radius 2 is 1.27 bits per heavy atom. The van der Waals surface area contributed by atoms with E-state index in [0.29, 0.717) is 0 Å². The maximum atomic E-state index is 14.9. The van der Waals surface area contributed by atoms with E-state index in [-0.39, 0.29) is 5.78 Å². The molecular formula is C39H33NO. The number of nitrogens with zero attached hydrogens (tertiary/aromatic N) is 1. The number of allylic oxidation sites excluding steroid dienone is 2. The number of anilines is 1. The molecule has 0 saturated heterocycles. The van der Waals surface area contributed by atoms with Gasteiger partial charge in [0.05, 0.1) is 11.5 Å². The van der Waals surface area contributed by atoms with Gasteiger partial charge in [0.15, 0.2) is 5.78 Å². The molecule has 1 aliphatic heterocycles. The van der Waals surface area contributed by atoms with Crippen LogP contribution in [0.4, 0.5) is 5.69 Å². The predicted octanol–water partition coefficient (Wildman–Crippen LogP) is 8.99. The number of hydrogen-bond donors (Lipinski definition) is 0. The Morgan fingerprint density at radius 3 is 1.95 bits per heavy atom. The van der Waals surface area contributed by atoms with Gasteiger partial charge in [-0.25, -0.2) is 0 Å². The molecule has 0 N–H and O–H groups in total. The Morgan fingerprint density at radius 1 is 0.683 bits per heavy atom. The monoisotopic (exact) mass is 531 g/mol. The van der Waals surface area contributed by atoms with E-state index in [1.54, 1.807) is 0 Å². The van der Waals surface area contributed by atoms with E-state index >= 15 is 0 Å². The fraction of sp³-hybridized carbons (Fsp3) is 0.154. The van der Waals surface area contributed by atoms with Crippen LogP contribution >= 0.6 is 0 Å². The third kappa shape index (κ3) is 3.67. The molecule has 41 heavy (non-hydrogen) atoms. The highest BCUT2D eigenvalue weighted by Crippen LogP contribution is 2.61.